The van der Waals surface area contributed by atoms with Crippen LogP contribution in [-0.2, 0) is 4.79 Å². The standard InChI is InChI=1S/C21H24N4O3/c1-21(2,3)19(27)24-16-8-5-7-15(13-16)23-18(26)14-6-4-9-17(12-14)25-11-10-22-20(25)28/h4-9,12-13H,10-11H2,1-3H3,(H,22,28)(H,23,26)(H,24,27). The molecule has 2 aromatic rings. The van der Waals surface area contributed by atoms with Crippen LogP contribution >= 0.6 is 0 Å². The fourth-order valence-corrected chi connectivity index (χ4v) is 2.73. The Morgan fingerprint density at radius 2 is 1.68 bits per heavy atom. The van der Waals surface area contributed by atoms with Gasteiger partial charge in [0.1, 0.15) is 0 Å². The predicted molar refractivity (Wildman–Crippen MR) is 110 cm³/mol. The van der Waals surface area contributed by atoms with Crippen LogP contribution < -0.4 is 20.9 Å². The van der Waals surface area contributed by atoms with Crippen molar-refractivity contribution in [2.45, 2.75) is 20.8 Å². The minimum Gasteiger partial charge on any atom is -0.336 e. The molecule has 0 unspecified atom stereocenters. The summed E-state index contributed by atoms with van der Waals surface area (Å²) in [4.78, 5) is 38.2. The summed E-state index contributed by atoms with van der Waals surface area (Å²) in [5, 5.41) is 8.42. The van der Waals surface area contributed by atoms with E-state index >= 15 is 0 Å². The Bertz CT molecular complexity index is 918. The third-order valence-corrected chi connectivity index (χ3v) is 4.34. The smallest absolute Gasteiger partial charge is 0.321 e. The van der Waals surface area contributed by atoms with E-state index in [1.54, 1.807) is 53.4 Å². The minimum absolute atomic E-state index is 0.104. The van der Waals surface area contributed by atoms with Crippen molar-refractivity contribution in [3.63, 3.8) is 0 Å². The van der Waals surface area contributed by atoms with Gasteiger partial charge in [-0.1, -0.05) is 32.9 Å². The highest BCUT2D eigenvalue weighted by Gasteiger charge is 2.22. The molecule has 0 bridgehead atoms. The number of amides is 4. The normalized spacial score (nSPS) is 13.8. The van der Waals surface area contributed by atoms with Crippen LogP contribution in [0, 0.1) is 5.41 Å². The number of hydrogen-bond acceptors (Lipinski definition) is 3. The van der Waals surface area contributed by atoms with E-state index in [2.05, 4.69) is 16.0 Å². The zero-order valence-electron chi connectivity index (χ0n) is 16.2. The van der Waals surface area contributed by atoms with Gasteiger partial charge in [0, 0.05) is 41.1 Å². The van der Waals surface area contributed by atoms with Crippen molar-refractivity contribution in [3.8, 4) is 0 Å². The highest BCUT2D eigenvalue weighted by molar-refractivity contribution is 6.06. The van der Waals surface area contributed by atoms with Gasteiger partial charge in [-0.2, -0.15) is 0 Å². The van der Waals surface area contributed by atoms with E-state index in [4.69, 9.17) is 0 Å². The van der Waals surface area contributed by atoms with E-state index in [1.165, 1.54) is 0 Å². The second-order valence-electron chi connectivity index (χ2n) is 7.67. The molecule has 2 aromatic carbocycles. The van der Waals surface area contributed by atoms with Gasteiger partial charge >= 0.3 is 6.03 Å². The zero-order valence-corrected chi connectivity index (χ0v) is 16.2. The van der Waals surface area contributed by atoms with Crippen LogP contribution in [0.1, 0.15) is 31.1 Å². The average molecular weight is 380 g/mol. The van der Waals surface area contributed by atoms with Gasteiger partial charge < -0.3 is 16.0 Å². The van der Waals surface area contributed by atoms with Crippen LogP contribution in [0.25, 0.3) is 0 Å². The van der Waals surface area contributed by atoms with E-state index in [1.807, 2.05) is 20.8 Å². The maximum absolute atomic E-state index is 12.6. The first-order chi connectivity index (χ1) is 13.2. The summed E-state index contributed by atoms with van der Waals surface area (Å²) < 4.78 is 0. The number of carbonyl (C=O) groups is 3. The second kappa shape index (κ2) is 7.72. The molecule has 0 radical (unpaired) electrons. The molecular weight excluding hydrogens is 356 g/mol. The quantitative estimate of drug-likeness (QED) is 0.759. The lowest BCUT2D eigenvalue weighted by Crippen LogP contribution is -2.28. The van der Waals surface area contributed by atoms with Crippen LogP contribution in [0.5, 0.6) is 0 Å². The average Bonchev–Trinajstić information content (AvgIpc) is 3.07. The number of nitrogens with one attached hydrogen (secondary N) is 3. The summed E-state index contributed by atoms with van der Waals surface area (Å²) in [5.74, 6) is -0.395. The molecule has 3 N–H and O–H groups in total. The zero-order chi connectivity index (χ0) is 20.3. The largest absolute Gasteiger partial charge is 0.336 e. The van der Waals surface area contributed by atoms with E-state index in [0.29, 0.717) is 35.7 Å². The van der Waals surface area contributed by atoms with E-state index < -0.39 is 5.41 Å². The molecule has 7 heteroatoms. The predicted octanol–water partition coefficient (Wildman–Crippen LogP) is 3.45. The van der Waals surface area contributed by atoms with E-state index in [-0.39, 0.29) is 17.8 Å². The molecule has 3 rings (SSSR count). The molecular formula is C21H24N4O3. The first-order valence-electron chi connectivity index (χ1n) is 9.12. The lowest BCUT2D eigenvalue weighted by atomic mass is 9.95. The molecule has 28 heavy (non-hydrogen) atoms. The lowest BCUT2D eigenvalue weighted by Gasteiger charge is -2.18. The number of benzene rings is 2. The molecule has 1 saturated heterocycles. The monoisotopic (exact) mass is 380 g/mol. The highest BCUT2D eigenvalue weighted by Crippen LogP contribution is 2.22. The fraction of sp³-hybridized carbons (Fsp3) is 0.286. The third kappa shape index (κ3) is 4.49. The maximum atomic E-state index is 12.6. The van der Waals surface area contributed by atoms with Crippen molar-refractivity contribution in [1.82, 2.24) is 5.32 Å². The molecule has 0 aromatic heterocycles. The SMILES string of the molecule is CC(C)(C)C(=O)Nc1cccc(NC(=O)c2cccc(N3CCNC3=O)c2)c1. The molecule has 1 fully saturated rings. The Morgan fingerprint density at radius 3 is 2.32 bits per heavy atom. The summed E-state index contributed by atoms with van der Waals surface area (Å²) in [6.07, 6.45) is 0. The van der Waals surface area contributed by atoms with Crippen LogP contribution in [0.2, 0.25) is 0 Å². The van der Waals surface area contributed by atoms with Crippen molar-refractivity contribution in [1.29, 1.82) is 0 Å². The first kappa shape index (κ1) is 19.4. The summed E-state index contributed by atoms with van der Waals surface area (Å²) in [5.41, 5.74) is 1.79. The van der Waals surface area contributed by atoms with Crippen molar-refractivity contribution < 1.29 is 14.4 Å². The third-order valence-electron chi connectivity index (χ3n) is 4.34. The van der Waals surface area contributed by atoms with Crippen molar-refractivity contribution in [3.05, 3.63) is 54.1 Å². The van der Waals surface area contributed by atoms with Crippen molar-refractivity contribution in [2.24, 2.45) is 5.41 Å². The highest BCUT2D eigenvalue weighted by atomic mass is 16.2. The number of anilines is 3. The summed E-state index contributed by atoms with van der Waals surface area (Å²) in [6, 6.07) is 13.7. The molecule has 0 saturated carbocycles. The number of hydrogen-bond donors (Lipinski definition) is 3. The van der Waals surface area contributed by atoms with Crippen molar-refractivity contribution in [2.75, 3.05) is 28.6 Å². The Kier molecular flexibility index (Phi) is 5.35. The number of nitrogens with zero attached hydrogens (tertiary/aromatic N) is 1. The molecule has 0 aliphatic carbocycles. The minimum atomic E-state index is -0.512. The van der Waals surface area contributed by atoms with Gasteiger partial charge in [0.05, 0.1) is 0 Å². The van der Waals surface area contributed by atoms with Gasteiger partial charge in [0.25, 0.3) is 5.91 Å². The summed E-state index contributed by atoms with van der Waals surface area (Å²) in [7, 11) is 0. The maximum Gasteiger partial charge on any atom is 0.321 e. The topological polar surface area (TPSA) is 90.5 Å². The molecule has 1 aliphatic heterocycles. The van der Waals surface area contributed by atoms with Gasteiger partial charge in [-0.3, -0.25) is 14.5 Å². The summed E-state index contributed by atoms with van der Waals surface area (Å²) >= 11 is 0. The van der Waals surface area contributed by atoms with E-state index in [9.17, 15) is 14.4 Å². The molecule has 7 nitrogen and oxygen atoms in total. The molecule has 1 heterocycles. The molecule has 4 amide bonds. The Hall–Kier alpha value is -3.35. The van der Waals surface area contributed by atoms with Gasteiger partial charge in [-0.25, -0.2) is 4.79 Å². The fourth-order valence-electron chi connectivity index (χ4n) is 2.73. The first-order valence-corrected chi connectivity index (χ1v) is 9.12. The van der Waals surface area contributed by atoms with Crippen LogP contribution in [0.15, 0.2) is 48.5 Å². The van der Waals surface area contributed by atoms with Crippen LogP contribution in [-0.4, -0.2) is 30.9 Å². The second-order valence-corrected chi connectivity index (χ2v) is 7.67. The van der Waals surface area contributed by atoms with Crippen molar-refractivity contribution >= 4 is 34.9 Å². The van der Waals surface area contributed by atoms with Gasteiger partial charge in [-0.15, -0.1) is 0 Å². The van der Waals surface area contributed by atoms with Gasteiger partial charge in [-0.05, 0) is 36.4 Å². The van der Waals surface area contributed by atoms with E-state index in [0.717, 1.165) is 0 Å². The van der Waals surface area contributed by atoms with Gasteiger partial charge in [0.15, 0.2) is 0 Å². The number of urea groups is 1. The van der Waals surface area contributed by atoms with Crippen LogP contribution in [0.3, 0.4) is 0 Å². The molecule has 0 spiro atoms. The number of rotatable bonds is 4. The van der Waals surface area contributed by atoms with Crippen LogP contribution in [0.4, 0.5) is 21.9 Å². The molecule has 146 valence electrons. The summed E-state index contributed by atoms with van der Waals surface area (Å²) in [6.45, 7) is 6.66. The Labute approximate surface area is 164 Å². The molecule has 0 atom stereocenters. The Balaban J connectivity index is 1.72. The number of carbonyl (C=O) groups excluding carboxylic acids is 3. The lowest BCUT2D eigenvalue weighted by molar-refractivity contribution is -0.123. The van der Waals surface area contributed by atoms with Gasteiger partial charge in [0.2, 0.25) is 5.91 Å². The molecule has 1 aliphatic rings. The Morgan fingerprint density at radius 1 is 1.00 bits per heavy atom.